The highest BCUT2D eigenvalue weighted by Crippen LogP contribution is 2.30. The van der Waals surface area contributed by atoms with Gasteiger partial charge in [0.2, 0.25) is 11.1 Å². The van der Waals surface area contributed by atoms with E-state index in [4.69, 9.17) is 0 Å². The first-order valence-corrected chi connectivity index (χ1v) is 10.4. The second-order valence-corrected chi connectivity index (χ2v) is 8.18. The van der Waals surface area contributed by atoms with Gasteiger partial charge in [0.1, 0.15) is 11.6 Å². The molecule has 1 atom stereocenters. The third-order valence-electron chi connectivity index (χ3n) is 4.79. The number of amides is 1. The molecule has 0 radical (unpaired) electrons. The number of carbonyl (C=O) groups is 1. The van der Waals surface area contributed by atoms with E-state index >= 15 is 0 Å². The first-order valence-electron chi connectivity index (χ1n) is 9.52. The average Bonchev–Trinajstić information content (AvgIpc) is 3.19. The fourth-order valence-electron chi connectivity index (χ4n) is 3.32. The van der Waals surface area contributed by atoms with E-state index in [9.17, 15) is 9.18 Å². The van der Waals surface area contributed by atoms with E-state index < -0.39 is 0 Å². The second kappa shape index (κ2) is 8.61. The minimum Gasteiger partial charge on any atom is -0.311 e. The topological polar surface area (TPSA) is 61.9 Å². The molecule has 1 N–H and O–H groups in total. The maximum absolute atomic E-state index is 13.0. The molecule has 7 heteroatoms. The number of anilines is 1. The molecule has 0 aliphatic carbocycles. The van der Waals surface area contributed by atoms with E-state index in [1.807, 2.05) is 36.1 Å². The van der Waals surface area contributed by atoms with Crippen LogP contribution in [0.15, 0.2) is 53.7 Å². The Bertz CT molecular complexity index is 1030. The van der Waals surface area contributed by atoms with Crippen LogP contribution in [0.2, 0.25) is 0 Å². The number of aromatic amines is 1. The molecule has 0 bridgehead atoms. The molecule has 0 saturated heterocycles. The van der Waals surface area contributed by atoms with Gasteiger partial charge in [-0.1, -0.05) is 48.2 Å². The predicted molar refractivity (Wildman–Crippen MR) is 114 cm³/mol. The molecule has 29 heavy (non-hydrogen) atoms. The largest absolute Gasteiger partial charge is 0.311 e. The van der Waals surface area contributed by atoms with Gasteiger partial charge in [-0.05, 0) is 55.2 Å². The molecule has 0 saturated carbocycles. The number of para-hydroxylation sites is 1. The fraction of sp³-hybridized carbons (Fsp3) is 0.227. The number of rotatable bonds is 5. The number of thioether (sulfide) groups is 1. The Morgan fingerprint density at radius 3 is 2.83 bits per heavy atom. The summed E-state index contributed by atoms with van der Waals surface area (Å²) < 4.78 is 13.0. The predicted octanol–water partition coefficient (Wildman–Crippen LogP) is 4.57. The smallest absolute Gasteiger partial charge is 0.240 e. The molecular formula is C22H21FN4OS. The first kappa shape index (κ1) is 19.4. The standard InChI is InChI=1S/C22H21FN4OS/c1-15(21(28)27-14-4-6-17-5-2-3-7-19(17)27)29-22-24-20(25-26-22)13-10-16-8-11-18(23)12-9-16/h2-3,5,7-13,15H,4,6,14H2,1H3,(H,24,25,26)/b13-10+/t15-/m1/s1. The minimum atomic E-state index is -0.300. The number of carbonyl (C=O) groups excluding carboxylic acids is 1. The Kier molecular flexibility index (Phi) is 5.76. The Labute approximate surface area is 173 Å². The molecule has 0 unspecified atom stereocenters. The lowest BCUT2D eigenvalue weighted by Gasteiger charge is -2.31. The van der Waals surface area contributed by atoms with Crippen molar-refractivity contribution in [3.63, 3.8) is 0 Å². The molecule has 3 aromatic rings. The number of aromatic nitrogens is 3. The zero-order chi connectivity index (χ0) is 20.2. The Morgan fingerprint density at radius 2 is 2.00 bits per heavy atom. The van der Waals surface area contributed by atoms with E-state index in [2.05, 4.69) is 21.2 Å². The highest BCUT2D eigenvalue weighted by molar-refractivity contribution is 8.00. The van der Waals surface area contributed by atoms with Crippen molar-refractivity contribution < 1.29 is 9.18 Å². The van der Waals surface area contributed by atoms with Crippen LogP contribution < -0.4 is 4.90 Å². The van der Waals surface area contributed by atoms with Crippen molar-refractivity contribution in [3.05, 3.63) is 71.3 Å². The van der Waals surface area contributed by atoms with E-state index in [0.717, 1.165) is 30.6 Å². The van der Waals surface area contributed by atoms with Gasteiger partial charge in [0, 0.05) is 12.2 Å². The van der Waals surface area contributed by atoms with E-state index in [1.54, 1.807) is 18.2 Å². The van der Waals surface area contributed by atoms with Crippen LogP contribution in [0.1, 0.15) is 30.3 Å². The van der Waals surface area contributed by atoms with E-state index in [-0.39, 0.29) is 17.0 Å². The van der Waals surface area contributed by atoms with Crippen LogP contribution in [0.5, 0.6) is 0 Å². The van der Waals surface area contributed by atoms with Gasteiger partial charge >= 0.3 is 0 Å². The van der Waals surface area contributed by atoms with Crippen LogP contribution in [0.3, 0.4) is 0 Å². The number of hydrogen-bond acceptors (Lipinski definition) is 4. The summed E-state index contributed by atoms with van der Waals surface area (Å²) in [6.45, 7) is 2.62. The highest BCUT2D eigenvalue weighted by atomic mass is 32.2. The van der Waals surface area contributed by atoms with Crippen molar-refractivity contribution in [3.8, 4) is 0 Å². The van der Waals surface area contributed by atoms with Crippen molar-refractivity contribution in [1.82, 2.24) is 15.2 Å². The summed E-state index contributed by atoms with van der Waals surface area (Å²) in [6.07, 6.45) is 5.58. The van der Waals surface area contributed by atoms with Gasteiger partial charge < -0.3 is 4.90 Å². The first-order chi connectivity index (χ1) is 14.1. The third-order valence-corrected chi connectivity index (χ3v) is 5.74. The van der Waals surface area contributed by atoms with E-state index in [1.165, 1.54) is 29.5 Å². The van der Waals surface area contributed by atoms with Crippen molar-refractivity contribution in [1.29, 1.82) is 0 Å². The molecule has 0 fully saturated rings. The molecule has 0 spiro atoms. The van der Waals surface area contributed by atoms with Gasteiger partial charge in [-0.2, -0.15) is 0 Å². The molecule has 1 aliphatic rings. The molecule has 1 amide bonds. The molecule has 148 valence electrons. The highest BCUT2D eigenvalue weighted by Gasteiger charge is 2.27. The lowest BCUT2D eigenvalue weighted by atomic mass is 10.0. The normalized spacial score (nSPS) is 14.8. The molecule has 2 aromatic carbocycles. The summed E-state index contributed by atoms with van der Waals surface area (Å²) in [5, 5.41) is 7.28. The third kappa shape index (κ3) is 4.56. The summed E-state index contributed by atoms with van der Waals surface area (Å²) in [6, 6.07) is 14.3. The van der Waals surface area contributed by atoms with Crippen LogP contribution in [0, 0.1) is 5.82 Å². The van der Waals surface area contributed by atoms with Gasteiger partial charge in [-0.3, -0.25) is 9.89 Å². The molecular weight excluding hydrogens is 387 g/mol. The van der Waals surface area contributed by atoms with Crippen molar-refractivity contribution in [2.24, 2.45) is 0 Å². The van der Waals surface area contributed by atoms with Gasteiger partial charge in [-0.25, -0.2) is 9.37 Å². The number of benzene rings is 2. The minimum absolute atomic E-state index is 0.0651. The number of halogens is 1. The van der Waals surface area contributed by atoms with Gasteiger partial charge in [-0.15, -0.1) is 5.10 Å². The van der Waals surface area contributed by atoms with Crippen LogP contribution in [-0.4, -0.2) is 32.9 Å². The van der Waals surface area contributed by atoms with Gasteiger partial charge in [0.25, 0.3) is 0 Å². The van der Waals surface area contributed by atoms with E-state index in [0.29, 0.717) is 11.0 Å². The summed E-state index contributed by atoms with van der Waals surface area (Å²) in [7, 11) is 0. The lowest BCUT2D eigenvalue weighted by molar-refractivity contribution is -0.117. The molecule has 5 nitrogen and oxygen atoms in total. The zero-order valence-corrected chi connectivity index (χ0v) is 16.8. The second-order valence-electron chi connectivity index (χ2n) is 6.87. The summed E-state index contributed by atoms with van der Waals surface area (Å²) in [5.41, 5.74) is 3.09. The number of nitrogens with one attached hydrogen (secondary N) is 1. The number of H-pyrrole nitrogens is 1. The summed E-state index contributed by atoms with van der Waals surface area (Å²) >= 11 is 1.34. The molecule has 4 rings (SSSR count). The van der Waals surface area contributed by atoms with Crippen molar-refractivity contribution in [2.45, 2.75) is 30.2 Å². The number of aryl methyl sites for hydroxylation is 1. The Balaban J connectivity index is 1.41. The zero-order valence-electron chi connectivity index (χ0n) is 16.0. The number of fused-ring (bicyclic) bond motifs is 1. The summed E-state index contributed by atoms with van der Waals surface area (Å²) in [5.74, 6) is 0.380. The maximum Gasteiger partial charge on any atom is 0.240 e. The molecule has 1 aromatic heterocycles. The monoisotopic (exact) mass is 408 g/mol. The van der Waals surface area contributed by atoms with Crippen LogP contribution in [0.25, 0.3) is 12.2 Å². The lowest BCUT2D eigenvalue weighted by Crippen LogP contribution is -2.40. The van der Waals surface area contributed by atoms with Crippen LogP contribution in [-0.2, 0) is 11.2 Å². The van der Waals surface area contributed by atoms with Gasteiger partial charge in [0.05, 0.1) is 5.25 Å². The Hall–Kier alpha value is -2.93. The maximum atomic E-state index is 13.0. The van der Waals surface area contributed by atoms with Gasteiger partial charge in [0.15, 0.2) is 0 Å². The molecule has 1 aliphatic heterocycles. The molecule has 2 heterocycles. The average molecular weight is 409 g/mol. The number of hydrogen-bond donors (Lipinski definition) is 1. The number of nitrogens with zero attached hydrogens (tertiary/aromatic N) is 3. The Morgan fingerprint density at radius 1 is 1.21 bits per heavy atom. The SMILES string of the molecule is C[C@@H](Sc1n[nH]c(/C=C/c2ccc(F)cc2)n1)C(=O)N1CCCc2ccccc21. The quantitative estimate of drug-likeness (QED) is 0.628. The van der Waals surface area contributed by atoms with Crippen LogP contribution >= 0.6 is 11.8 Å². The fourth-order valence-corrected chi connectivity index (χ4v) is 4.12. The van der Waals surface area contributed by atoms with Crippen molar-refractivity contribution in [2.75, 3.05) is 11.4 Å². The van der Waals surface area contributed by atoms with Crippen molar-refractivity contribution >= 4 is 35.5 Å². The summed E-state index contributed by atoms with van der Waals surface area (Å²) in [4.78, 5) is 19.3. The van der Waals surface area contributed by atoms with Crippen LogP contribution in [0.4, 0.5) is 10.1 Å².